The molecule has 2 rings (SSSR count). The molecule has 1 amide bonds. The van der Waals surface area contributed by atoms with Gasteiger partial charge >= 0.3 is 0 Å². The van der Waals surface area contributed by atoms with E-state index in [1.807, 2.05) is 0 Å². The van der Waals surface area contributed by atoms with Gasteiger partial charge in [0.05, 0.1) is 5.69 Å². The van der Waals surface area contributed by atoms with Crippen molar-refractivity contribution in [1.82, 2.24) is 10.2 Å². The number of aromatic nitrogens is 2. The number of anilines is 1. The predicted octanol–water partition coefficient (Wildman–Crippen LogP) is 2.32. The number of amides is 1. The Morgan fingerprint density at radius 1 is 1.11 bits per heavy atom. The van der Waals surface area contributed by atoms with Gasteiger partial charge in [0.15, 0.2) is 5.69 Å². The number of para-hydroxylation sites is 1. The third kappa shape index (κ3) is 2.48. The second-order valence-corrected chi connectivity index (χ2v) is 3.61. The molecule has 92 valence electrons. The highest BCUT2D eigenvalue weighted by molar-refractivity contribution is 6.02. The summed E-state index contributed by atoms with van der Waals surface area (Å²) < 4.78 is 26.6. The van der Waals surface area contributed by atoms with E-state index in [9.17, 15) is 13.6 Å². The smallest absolute Gasteiger partial charge is 0.276 e. The number of carbonyl (C=O) groups excluding carboxylic acids is 1. The molecule has 0 unspecified atom stereocenters. The van der Waals surface area contributed by atoms with E-state index in [4.69, 9.17) is 0 Å². The van der Waals surface area contributed by atoms with E-state index in [0.29, 0.717) is 5.69 Å². The summed E-state index contributed by atoms with van der Waals surface area (Å²) >= 11 is 0. The highest BCUT2D eigenvalue weighted by Gasteiger charge is 2.14. The van der Waals surface area contributed by atoms with Crippen molar-refractivity contribution in [2.24, 2.45) is 0 Å². The fraction of sp³-hybridized carbons (Fsp3) is 0.0833. The van der Waals surface area contributed by atoms with Gasteiger partial charge in [0.25, 0.3) is 5.91 Å². The van der Waals surface area contributed by atoms with E-state index in [0.717, 1.165) is 12.1 Å². The maximum atomic E-state index is 13.3. The number of aryl methyl sites for hydroxylation is 1. The molecule has 1 aromatic carbocycles. The largest absolute Gasteiger partial charge is 0.316 e. The van der Waals surface area contributed by atoms with Crippen LogP contribution in [0.15, 0.2) is 30.3 Å². The Bertz CT molecular complexity index is 564. The average Bonchev–Trinajstić information content (AvgIpc) is 2.34. The molecule has 0 fully saturated rings. The highest BCUT2D eigenvalue weighted by atomic mass is 19.1. The van der Waals surface area contributed by atoms with Gasteiger partial charge in [-0.1, -0.05) is 6.07 Å². The maximum Gasteiger partial charge on any atom is 0.276 e. The fourth-order valence-electron chi connectivity index (χ4n) is 1.31. The lowest BCUT2D eigenvalue weighted by atomic mass is 10.2. The summed E-state index contributed by atoms with van der Waals surface area (Å²) in [6, 6.07) is 6.33. The van der Waals surface area contributed by atoms with E-state index in [1.165, 1.54) is 12.1 Å². The lowest BCUT2D eigenvalue weighted by Gasteiger charge is -2.06. The van der Waals surface area contributed by atoms with Crippen molar-refractivity contribution in [1.29, 1.82) is 0 Å². The number of benzene rings is 1. The minimum absolute atomic E-state index is 0.0109. The molecule has 0 bridgehead atoms. The lowest BCUT2D eigenvalue weighted by molar-refractivity contribution is 0.102. The number of nitrogens with one attached hydrogen (secondary N) is 1. The standard InChI is InChI=1S/C12H9F2N3O/c1-7-5-6-10(17-16-7)12(18)15-11-8(13)3-2-4-9(11)14/h2-6H,1H3,(H,15,18). The molecule has 6 heteroatoms. The third-order valence-electron chi connectivity index (χ3n) is 2.23. The molecule has 4 nitrogen and oxygen atoms in total. The fourth-order valence-corrected chi connectivity index (χ4v) is 1.31. The highest BCUT2D eigenvalue weighted by Crippen LogP contribution is 2.18. The van der Waals surface area contributed by atoms with Crippen LogP contribution < -0.4 is 5.32 Å². The van der Waals surface area contributed by atoms with E-state index in [2.05, 4.69) is 15.5 Å². The van der Waals surface area contributed by atoms with Crippen LogP contribution in [0.25, 0.3) is 0 Å². The molecule has 0 saturated carbocycles. The van der Waals surface area contributed by atoms with Gasteiger partial charge in [0.2, 0.25) is 0 Å². The van der Waals surface area contributed by atoms with Crippen LogP contribution in [-0.2, 0) is 0 Å². The van der Waals surface area contributed by atoms with Crippen LogP contribution in [0, 0.1) is 18.6 Å². The quantitative estimate of drug-likeness (QED) is 0.888. The second-order valence-electron chi connectivity index (χ2n) is 3.61. The molecule has 18 heavy (non-hydrogen) atoms. The molecule has 1 N–H and O–H groups in total. The van der Waals surface area contributed by atoms with Crippen LogP contribution in [0.5, 0.6) is 0 Å². The Morgan fingerprint density at radius 3 is 2.33 bits per heavy atom. The number of rotatable bonds is 2. The molecule has 1 aromatic heterocycles. The first kappa shape index (κ1) is 12.1. The van der Waals surface area contributed by atoms with Gasteiger partial charge in [-0.15, -0.1) is 5.10 Å². The molecule has 0 radical (unpaired) electrons. The Balaban J connectivity index is 2.24. The third-order valence-corrected chi connectivity index (χ3v) is 2.23. The van der Waals surface area contributed by atoms with Crippen LogP contribution >= 0.6 is 0 Å². The van der Waals surface area contributed by atoms with Gasteiger partial charge in [-0.3, -0.25) is 4.79 Å². The number of carbonyl (C=O) groups is 1. The summed E-state index contributed by atoms with van der Waals surface area (Å²) in [7, 11) is 0. The van der Waals surface area contributed by atoms with Crippen molar-refractivity contribution in [3.05, 3.63) is 53.4 Å². The zero-order chi connectivity index (χ0) is 13.1. The summed E-state index contributed by atoms with van der Waals surface area (Å²) in [6.45, 7) is 1.71. The van der Waals surface area contributed by atoms with E-state index in [-0.39, 0.29) is 5.69 Å². The second kappa shape index (κ2) is 4.87. The van der Waals surface area contributed by atoms with Crippen molar-refractivity contribution in [2.75, 3.05) is 5.32 Å². The Hall–Kier alpha value is -2.37. The monoisotopic (exact) mass is 249 g/mol. The normalized spacial score (nSPS) is 10.2. The van der Waals surface area contributed by atoms with E-state index >= 15 is 0 Å². The maximum absolute atomic E-state index is 13.3. The van der Waals surface area contributed by atoms with Crippen molar-refractivity contribution in [2.45, 2.75) is 6.92 Å². The molecular weight excluding hydrogens is 240 g/mol. The van der Waals surface area contributed by atoms with Crippen LogP contribution in [0.1, 0.15) is 16.2 Å². The zero-order valence-electron chi connectivity index (χ0n) is 9.45. The van der Waals surface area contributed by atoms with Crippen LogP contribution in [-0.4, -0.2) is 16.1 Å². The summed E-state index contributed by atoms with van der Waals surface area (Å²) in [5, 5.41) is 9.44. The van der Waals surface area contributed by atoms with Gasteiger partial charge in [-0.2, -0.15) is 5.10 Å². The molecule has 0 aliphatic carbocycles. The van der Waals surface area contributed by atoms with Gasteiger partial charge in [-0.05, 0) is 31.2 Å². The summed E-state index contributed by atoms with van der Waals surface area (Å²) in [4.78, 5) is 11.7. The Morgan fingerprint density at radius 2 is 1.78 bits per heavy atom. The summed E-state index contributed by atoms with van der Waals surface area (Å²) in [6.07, 6.45) is 0. The lowest BCUT2D eigenvalue weighted by Crippen LogP contribution is -2.16. The number of hydrogen-bond donors (Lipinski definition) is 1. The van der Waals surface area contributed by atoms with Crippen molar-refractivity contribution < 1.29 is 13.6 Å². The van der Waals surface area contributed by atoms with E-state index in [1.54, 1.807) is 13.0 Å². The number of nitrogens with zero attached hydrogens (tertiary/aromatic N) is 2. The van der Waals surface area contributed by atoms with Crippen molar-refractivity contribution >= 4 is 11.6 Å². The molecular formula is C12H9F2N3O. The molecule has 0 spiro atoms. The molecule has 0 atom stereocenters. The van der Waals surface area contributed by atoms with Crippen LogP contribution in [0.2, 0.25) is 0 Å². The van der Waals surface area contributed by atoms with Crippen LogP contribution in [0.4, 0.5) is 14.5 Å². The molecule has 2 aromatic rings. The van der Waals surface area contributed by atoms with Gasteiger partial charge in [0.1, 0.15) is 17.3 Å². The first-order valence-corrected chi connectivity index (χ1v) is 5.13. The van der Waals surface area contributed by atoms with Gasteiger partial charge in [0, 0.05) is 0 Å². The molecule has 0 aliphatic rings. The SMILES string of the molecule is Cc1ccc(C(=O)Nc2c(F)cccc2F)nn1. The van der Waals surface area contributed by atoms with Gasteiger partial charge in [-0.25, -0.2) is 8.78 Å². The molecule has 1 heterocycles. The molecule has 0 saturated heterocycles. The molecule has 0 aliphatic heterocycles. The van der Waals surface area contributed by atoms with Crippen LogP contribution in [0.3, 0.4) is 0 Å². The van der Waals surface area contributed by atoms with E-state index < -0.39 is 23.2 Å². The Labute approximate surface area is 102 Å². The Kier molecular flexibility index (Phi) is 3.27. The predicted molar refractivity (Wildman–Crippen MR) is 61.1 cm³/mol. The van der Waals surface area contributed by atoms with Gasteiger partial charge < -0.3 is 5.32 Å². The first-order valence-electron chi connectivity index (χ1n) is 5.13. The van der Waals surface area contributed by atoms with Crippen molar-refractivity contribution in [3.63, 3.8) is 0 Å². The topological polar surface area (TPSA) is 54.9 Å². The number of hydrogen-bond acceptors (Lipinski definition) is 3. The minimum Gasteiger partial charge on any atom is -0.316 e. The van der Waals surface area contributed by atoms with Crippen molar-refractivity contribution in [3.8, 4) is 0 Å². The minimum atomic E-state index is -0.844. The summed E-state index contributed by atoms with van der Waals surface area (Å²) in [5.41, 5.74) is 0.136. The number of halogens is 2. The summed E-state index contributed by atoms with van der Waals surface area (Å²) in [5.74, 6) is -2.40. The first-order chi connectivity index (χ1) is 8.58. The average molecular weight is 249 g/mol. The zero-order valence-corrected chi connectivity index (χ0v) is 9.45.